The molecule has 0 aliphatic rings. The Morgan fingerprint density at radius 1 is 1.11 bits per heavy atom. The summed E-state index contributed by atoms with van der Waals surface area (Å²) in [5.74, 6) is 0. The fourth-order valence-electron chi connectivity index (χ4n) is 2.24. The van der Waals surface area contributed by atoms with Crippen molar-refractivity contribution in [2.45, 2.75) is 31.6 Å². The summed E-state index contributed by atoms with van der Waals surface area (Å²) in [6.07, 6.45) is 1.59. The molecule has 3 nitrogen and oxygen atoms in total. The Kier molecular flexibility index (Phi) is 6.19. The zero-order valence-corrected chi connectivity index (χ0v) is 15.4. The van der Waals surface area contributed by atoms with E-state index in [0.29, 0.717) is 11.8 Å². The van der Waals surface area contributed by atoms with Crippen molar-refractivity contribution >= 4 is 20.9 Å². The Morgan fingerprint density at radius 3 is 2.32 bits per heavy atom. The van der Waals surface area contributed by atoms with Crippen molar-refractivity contribution in [2.24, 2.45) is 0 Å². The van der Waals surface area contributed by atoms with Crippen LogP contribution in [0.25, 0.3) is 10.8 Å². The summed E-state index contributed by atoms with van der Waals surface area (Å²) in [6.45, 7) is 4.01. The van der Waals surface area contributed by atoms with E-state index in [1.165, 1.54) is 6.07 Å². The maximum Gasteiger partial charge on any atom is 1.00 e. The number of aryl methyl sites for hydroxylation is 2. The first-order valence-electron chi connectivity index (χ1n) is 5.97. The van der Waals surface area contributed by atoms with Crippen LogP contribution in [-0.4, -0.2) is 13.0 Å². The molecule has 0 unspecified atom stereocenters. The third kappa shape index (κ3) is 3.67. The maximum atomic E-state index is 11.3. The summed E-state index contributed by atoms with van der Waals surface area (Å²) in [5, 5.41) is 1.40. The Bertz CT molecular complexity index is 693. The molecule has 0 aliphatic carbocycles. The Labute approximate surface area is 156 Å². The molecule has 0 fully saturated rings. The standard InChI is InChI=1S/C14H16O3S.K/c1-3-10-8-11(4-2)14-12(9-10)6-5-7-13(14)18(15,16)17;/h5-9H,3-4H2,1-2H3,(H,15,16,17);/q;+1/p-1. The molecule has 19 heavy (non-hydrogen) atoms. The molecule has 0 heterocycles. The van der Waals surface area contributed by atoms with Gasteiger partial charge in [-0.2, -0.15) is 0 Å². The molecule has 0 spiro atoms. The third-order valence-corrected chi connectivity index (χ3v) is 4.02. The second-order valence-corrected chi connectivity index (χ2v) is 5.62. The van der Waals surface area contributed by atoms with E-state index in [1.54, 1.807) is 6.07 Å². The van der Waals surface area contributed by atoms with Crippen LogP contribution in [0, 0.1) is 0 Å². The van der Waals surface area contributed by atoms with E-state index in [1.807, 2.05) is 25.1 Å². The molecule has 2 aromatic carbocycles. The van der Waals surface area contributed by atoms with Gasteiger partial charge in [-0.1, -0.05) is 38.1 Å². The molecular formula is C14H15KO3S. The van der Waals surface area contributed by atoms with Gasteiger partial charge in [-0.3, -0.25) is 0 Å². The molecule has 0 atom stereocenters. The van der Waals surface area contributed by atoms with Crippen molar-refractivity contribution in [1.82, 2.24) is 0 Å². The quantitative estimate of drug-likeness (QED) is 0.586. The van der Waals surface area contributed by atoms with Gasteiger partial charge in [0.1, 0.15) is 10.1 Å². The summed E-state index contributed by atoms with van der Waals surface area (Å²) in [6, 6.07) is 8.78. The fourth-order valence-corrected chi connectivity index (χ4v) is 2.98. The first kappa shape index (κ1) is 17.3. The van der Waals surface area contributed by atoms with Crippen molar-refractivity contribution in [2.75, 3.05) is 0 Å². The van der Waals surface area contributed by atoms with E-state index in [0.717, 1.165) is 22.9 Å². The van der Waals surface area contributed by atoms with Crippen LogP contribution >= 0.6 is 0 Å². The molecule has 0 bridgehead atoms. The summed E-state index contributed by atoms with van der Waals surface area (Å²) in [5.41, 5.74) is 2.07. The van der Waals surface area contributed by atoms with Crippen LogP contribution in [0.5, 0.6) is 0 Å². The van der Waals surface area contributed by atoms with Gasteiger partial charge in [0.15, 0.2) is 0 Å². The molecule has 2 aromatic rings. The summed E-state index contributed by atoms with van der Waals surface area (Å²) < 4.78 is 33.9. The summed E-state index contributed by atoms with van der Waals surface area (Å²) >= 11 is 0. The smallest absolute Gasteiger partial charge is 0.744 e. The molecule has 0 aromatic heterocycles. The molecule has 0 amide bonds. The van der Waals surface area contributed by atoms with E-state index in [9.17, 15) is 13.0 Å². The average molecular weight is 302 g/mol. The number of rotatable bonds is 3. The van der Waals surface area contributed by atoms with Crippen LogP contribution < -0.4 is 51.4 Å². The van der Waals surface area contributed by atoms with Gasteiger partial charge in [0.05, 0.1) is 4.90 Å². The van der Waals surface area contributed by atoms with Crippen molar-refractivity contribution in [3.63, 3.8) is 0 Å². The van der Waals surface area contributed by atoms with Gasteiger partial charge in [-0.15, -0.1) is 0 Å². The molecular weight excluding hydrogens is 287 g/mol. The van der Waals surface area contributed by atoms with E-state index in [-0.39, 0.29) is 56.3 Å². The van der Waals surface area contributed by atoms with Gasteiger partial charge in [0, 0.05) is 5.39 Å². The fraction of sp³-hybridized carbons (Fsp3) is 0.286. The average Bonchev–Trinajstić information content (AvgIpc) is 2.35. The van der Waals surface area contributed by atoms with Gasteiger partial charge >= 0.3 is 51.4 Å². The predicted molar refractivity (Wildman–Crippen MR) is 70.7 cm³/mol. The van der Waals surface area contributed by atoms with Crippen molar-refractivity contribution in [3.8, 4) is 0 Å². The SMILES string of the molecule is CCc1cc(CC)c2c(S(=O)(=O)[O-])cccc2c1.[K+]. The van der Waals surface area contributed by atoms with Crippen LogP contribution in [0.15, 0.2) is 35.2 Å². The van der Waals surface area contributed by atoms with Crippen molar-refractivity contribution < 1.29 is 64.4 Å². The van der Waals surface area contributed by atoms with Crippen LogP contribution in [0.4, 0.5) is 0 Å². The Morgan fingerprint density at radius 2 is 1.79 bits per heavy atom. The normalized spacial score (nSPS) is 11.3. The molecule has 0 saturated carbocycles. The monoisotopic (exact) mass is 302 g/mol. The van der Waals surface area contributed by atoms with Gasteiger partial charge in [0.2, 0.25) is 0 Å². The number of hydrogen-bond donors (Lipinski definition) is 0. The number of fused-ring (bicyclic) bond motifs is 1. The van der Waals surface area contributed by atoms with Crippen molar-refractivity contribution in [1.29, 1.82) is 0 Å². The van der Waals surface area contributed by atoms with Crippen LogP contribution in [0.1, 0.15) is 25.0 Å². The molecule has 5 heteroatoms. The van der Waals surface area contributed by atoms with E-state index < -0.39 is 10.1 Å². The minimum Gasteiger partial charge on any atom is -0.744 e. The second-order valence-electron chi connectivity index (χ2n) is 4.27. The Balaban J connectivity index is 0.00000180. The largest absolute Gasteiger partial charge is 1.00 e. The van der Waals surface area contributed by atoms with E-state index >= 15 is 0 Å². The van der Waals surface area contributed by atoms with Crippen LogP contribution in [-0.2, 0) is 23.0 Å². The molecule has 0 saturated heterocycles. The topological polar surface area (TPSA) is 57.2 Å². The third-order valence-electron chi connectivity index (χ3n) is 3.14. The molecule has 0 radical (unpaired) electrons. The Hall–Kier alpha value is 0.246. The predicted octanol–water partition coefficient (Wildman–Crippen LogP) is -0.127. The van der Waals surface area contributed by atoms with Gasteiger partial charge in [0.25, 0.3) is 0 Å². The zero-order valence-electron chi connectivity index (χ0n) is 11.4. The molecule has 2 rings (SSSR count). The number of hydrogen-bond acceptors (Lipinski definition) is 3. The van der Waals surface area contributed by atoms with Gasteiger partial charge in [-0.25, -0.2) is 8.42 Å². The summed E-state index contributed by atoms with van der Waals surface area (Å²) in [4.78, 5) is -0.112. The van der Waals surface area contributed by atoms with E-state index in [2.05, 4.69) is 6.92 Å². The van der Waals surface area contributed by atoms with Gasteiger partial charge in [-0.05, 0) is 35.4 Å². The maximum absolute atomic E-state index is 11.3. The van der Waals surface area contributed by atoms with Crippen LogP contribution in [0.2, 0.25) is 0 Å². The summed E-state index contributed by atoms with van der Waals surface area (Å²) in [7, 11) is -4.43. The molecule has 0 N–H and O–H groups in total. The second kappa shape index (κ2) is 6.80. The van der Waals surface area contributed by atoms with Crippen molar-refractivity contribution in [3.05, 3.63) is 41.5 Å². The van der Waals surface area contributed by atoms with E-state index in [4.69, 9.17) is 0 Å². The first-order chi connectivity index (χ1) is 8.47. The van der Waals surface area contributed by atoms with Gasteiger partial charge < -0.3 is 4.55 Å². The molecule has 96 valence electrons. The zero-order chi connectivity index (χ0) is 13.3. The van der Waals surface area contributed by atoms with Crippen LogP contribution in [0.3, 0.4) is 0 Å². The minimum atomic E-state index is -4.43. The first-order valence-corrected chi connectivity index (χ1v) is 7.38. The minimum absolute atomic E-state index is 0. The molecule has 0 aliphatic heterocycles. The number of benzene rings is 2.